The van der Waals surface area contributed by atoms with Crippen molar-refractivity contribution in [3.63, 3.8) is 0 Å². The van der Waals surface area contributed by atoms with Crippen LogP contribution < -0.4 is 14.8 Å². The molecular weight excluding hydrogens is 286 g/mol. The van der Waals surface area contributed by atoms with Gasteiger partial charge in [-0.25, -0.2) is 4.79 Å². The molecule has 0 radical (unpaired) electrons. The van der Waals surface area contributed by atoms with Gasteiger partial charge >= 0.3 is 5.97 Å². The highest BCUT2D eigenvalue weighted by Crippen LogP contribution is 2.31. The molecule has 22 heavy (non-hydrogen) atoms. The number of hydrogen-bond acceptors (Lipinski definition) is 5. The molecule has 6 heteroatoms. The van der Waals surface area contributed by atoms with Crippen LogP contribution in [0.3, 0.4) is 0 Å². The first kappa shape index (κ1) is 16.1. The minimum absolute atomic E-state index is 0.0115. The van der Waals surface area contributed by atoms with Gasteiger partial charge < -0.3 is 19.5 Å². The summed E-state index contributed by atoms with van der Waals surface area (Å²) in [7, 11) is 0. The monoisotopic (exact) mass is 307 g/mol. The number of nitrogens with one attached hydrogen (secondary N) is 1. The predicted molar refractivity (Wildman–Crippen MR) is 81.2 cm³/mol. The number of anilines is 1. The Morgan fingerprint density at radius 3 is 3.00 bits per heavy atom. The maximum absolute atomic E-state index is 11.5. The summed E-state index contributed by atoms with van der Waals surface area (Å²) in [5.74, 6) is 0.462. The van der Waals surface area contributed by atoms with Crippen molar-refractivity contribution in [2.75, 3.05) is 25.1 Å². The summed E-state index contributed by atoms with van der Waals surface area (Å²) < 4.78 is 15.7. The van der Waals surface area contributed by atoms with E-state index in [9.17, 15) is 9.59 Å². The van der Waals surface area contributed by atoms with E-state index in [2.05, 4.69) is 12.2 Å². The zero-order chi connectivity index (χ0) is 15.8. The number of rotatable bonds is 8. The molecule has 6 nitrogen and oxygen atoms in total. The number of fused-ring (bicyclic) bond motifs is 1. The molecule has 2 rings (SSSR count). The van der Waals surface area contributed by atoms with Crippen LogP contribution in [0.5, 0.6) is 11.5 Å². The number of carbonyl (C=O) groups is 2. The third-order valence-corrected chi connectivity index (χ3v) is 3.20. The van der Waals surface area contributed by atoms with Gasteiger partial charge in [0.15, 0.2) is 13.2 Å². The van der Waals surface area contributed by atoms with Crippen molar-refractivity contribution in [1.82, 2.24) is 0 Å². The van der Waals surface area contributed by atoms with Crippen LogP contribution in [-0.4, -0.2) is 31.7 Å². The fourth-order valence-electron chi connectivity index (χ4n) is 2.05. The smallest absolute Gasteiger partial charge is 0.344 e. The molecule has 0 atom stereocenters. The van der Waals surface area contributed by atoms with E-state index >= 15 is 0 Å². The van der Waals surface area contributed by atoms with Gasteiger partial charge in [-0.2, -0.15) is 0 Å². The summed E-state index contributed by atoms with van der Waals surface area (Å²) in [4.78, 5) is 22.8. The van der Waals surface area contributed by atoms with Crippen molar-refractivity contribution >= 4 is 17.6 Å². The molecule has 0 bridgehead atoms. The molecule has 1 heterocycles. The summed E-state index contributed by atoms with van der Waals surface area (Å²) in [5, 5.41) is 2.68. The number of benzene rings is 1. The molecule has 0 aromatic heterocycles. The van der Waals surface area contributed by atoms with E-state index in [1.807, 2.05) is 0 Å². The SMILES string of the molecule is CCCCCCOC(=O)COc1ccc2c(c1)NC(=O)CO2. The van der Waals surface area contributed by atoms with Gasteiger partial charge in [0.25, 0.3) is 5.91 Å². The summed E-state index contributed by atoms with van der Waals surface area (Å²) in [6.07, 6.45) is 4.24. The van der Waals surface area contributed by atoms with Gasteiger partial charge in [-0.05, 0) is 18.6 Å². The van der Waals surface area contributed by atoms with Crippen molar-refractivity contribution in [3.05, 3.63) is 18.2 Å². The minimum Gasteiger partial charge on any atom is -0.482 e. The standard InChI is InChI=1S/C16H21NO5/c1-2-3-4-5-8-20-16(19)11-21-12-6-7-14-13(9-12)17-15(18)10-22-14/h6-7,9H,2-5,8,10-11H2,1H3,(H,17,18). The summed E-state index contributed by atoms with van der Waals surface area (Å²) >= 11 is 0. The molecule has 0 aliphatic carbocycles. The maximum Gasteiger partial charge on any atom is 0.344 e. The summed E-state index contributed by atoms with van der Waals surface area (Å²) in [6.45, 7) is 2.42. The molecule has 1 aromatic carbocycles. The van der Waals surface area contributed by atoms with Crippen molar-refractivity contribution in [2.24, 2.45) is 0 Å². The van der Waals surface area contributed by atoms with Gasteiger partial charge in [-0.1, -0.05) is 26.2 Å². The highest BCUT2D eigenvalue weighted by atomic mass is 16.6. The molecule has 0 saturated carbocycles. The maximum atomic E-state index is 11.5. The van der Waals surface area contributed by atoms with Gasteiger partial charge in [-0.15, -0.1) is 0 Å². The van der Waals surface area contributed by atoms with Crippen molar-refractivity contribution < 1.29 is 23.8 Å². The van der Waals surface area contributed by atoms with Crippen LogP contribution in [0.15, 0.2) is 18.2 Å². The first-order valence-electron chi connectivity index (χ1n) is 7.54. The van der Waals surface area contributed by atoms with Crippen LogP contribution in [0.1, 0.15) is 32.6 Å². The second kappa shape index (κ2) is 8.26. The highest BCUT2D eigenvalue weighted by Gasteiger charge is 2.16. The van der Waals surface area contributed by atoms with Gasteiger partial charge in [0.05, 0.1) is 12.3 Å². The van der Waals surface area contributed by atoms with E-state index in [-0.39, 0.29) is 19.1 Å². The number of carbonyl (C=O) groups excluding carboxylic acids is 2. The average Bonchev–Trinajstić information content (AvgIpc) is 2.52. The molecule has 0 saturated heterocycles. The van der Waals surface area contributed by atoms with Gasteiger partial charge in [0.1, 0.15) is 11.5 Å². The molecule has 0 spiro atoms. The second-order valence-electron chi connectivity index (χ2n) is 5.06. The topological polar surface area (TPSA) is 73.9 Å². The van der Waals surface area contributed by atoms with Crippen LogP contribution in [-0.2, 0) is 14.3 Å². The van der Waals surface area contributed by atoms with Crippen LogP contribution in [0.25, 0.3) is 0 Å². The lowest BCUT2D eigenvalue weighted by molar-refractivity contribution is -0.146. The molecule has 1 N–H and O–H groups in total. The molecule has 1 aromatic rings. The van der Waals surface area contributed by atoms with Crippen LogP contribution >= 0.6 is 0 Å². The third-order valence-electron chi connectivity index (χ3n) is 3.20. The summed E-state index contributed by atoms with van der Waals surface area (Å²) in [5.41, 5.74) is 0.543. The van der Waals surface area contributed by atoms with Gasteiger partial charge in [-0.3, -0.25) is 4.79 Å². The molecule has 0 fully saturated rings. The highest BCUT2D eigenvalue weighted by molar-refractivity contribution is 5.95. The number of esters is 1. The Balaban J connectivity index is 1.73. The Labute approximate surface area is 129 Å². The van der Waals surface area contributed by atoms with E-state index < -0.39 is 5.97 Å². The molecule has 1 aliphatic heterocycles. The number of unbranched alkanes of at least 4 members (excludes halogenated alkanes) is 3. The van der Waals surface area contributed by atoms with Crippen LogP contribution in [0, 0.1) is 0 Å². The second-order valence-corrected chi connectivity index (χ2v) is 5.06. The molecule has 0 unspecified atom stereocenters. The lowest BCUT2D eigenvalue weighted by Crippen LogP contribution is -2.25. The zero-order valence-corrected chi connectivity index (χ0v) is 12.7. The van der Waals surface area contributed by atoms with E-state index in [4.69, 9.17) is 14.2 Å². The van der Waals surface area contributed by atoms with Gasteiger partial charge in [0.2, 0.25) is 0 Å². The average molecular weight is 307 g/mol. The van der Waals surface area contributed by atoms with E-state index in [1.165, 1.54) is 0 Å². The predicted octanol–water partition coefficient (Wildman–Crippen LogP) is 2.52. The first-order chi connectivity index (χ1) is 10.7. The first-order valence-corrected chi connectivity index (χ1v) is 7.54. The lowest BCUT2D eigenvalue weighted by Gasteiger charge is -2.18. The van der Waals surface area contributed by atoms with E-state index in [1.54, 1.807) is 18.2 Å². The van der Waals surface area contributed by atoms with E-state index in [0.717, 1.165) is 25.7 Å². The Morgan fingerprint density at radius 2 is 2.18 bits per heavy atom. The lowest BCUT2D eigenvalue weighted by atomic mass is 10.2. The largest absolute Gasteiger partial charge is 0.482 e. The van der Waals surface area contributed by atoms with Gasteiger partial charge in [0, 0.05) is 6.07 Å². The Hall–Kier alpha value is -2.24. The fourth-order valence-corrected chi connectivity index (χ4v) is 2.05. The fraction of sp³-hybridized carbons (Fsp3) is 0.500. The number of ether oxygens (including phenoxy) is 3. The molecule has 120 valence electrons. The Kier molecular flexibility index (Phi) is 6.06. The quantitative estimate of drug-likeness (QED) is 0.590. The molecule has 1 aliphatic rings. The zero-order valence-electron chi connectivity index (χ0n) is 12.7. The van der Waals surface area contributed by atoms with Crippen LogP contribution in [0.2, 0.25) is 0 Å². The van der Waals surface area contributed by atoms with Crippen molar-refractivity contribution in [3.8, 4) is 11.5 Å². The minimum atomic E-state index is -0.394. The molecular formula is C16H21NO5. The Bertz CT molecular complexity index is 529. The number of hydrogen-bond donors (Lipinski definition) is 1. The third kappa shape index (κ3) is 4.95. The normalized spacial score (nSPS) is 12.9. The van der Waals surface area contributed by atoms with Crippen molar-refractivity contribution in [1.29, 1.82) is 0 Å². The van der Waals surface area contributed by atoms with Crippen LogP contribution in [0.4, 0.5) is 5.69 Å². The number of amides is 1. The van der Waals surface area contributed by atoms with Crippen molar-refractivity contribution in [2.45, 2.75) is 32.6 Å². The molecule has 1 amide bonds. The Morgan fingerprint density at radius 1 is 1.32 bits per heavy atom. The van der Waals surface area contributed by atoms with E-state index in [0.29, 0.717) is 23.8 Å². The summed E-state index contributed by atoms with van der Waals surface area (Å²) in [6, 6.07) is 5.01.